The second-order valence-electron chi connectivity index (χ2n) is 17.6. The largest absolute Gasteiger partial charge is 0.396 e. The molecule has 0 aromatic carbocycles. The molecule has 318 valence electrons. The summed E-state index contributed by atoms with van der Waals surface area (Å²) in [4.78, 5) is 4.87. The maximum atomic E-state index is 10.5. The Morgan fingerprint density at radius 1 is 0.377 bits per heavy atom. The van der Waals surface area contributed by atoms with Gasteiger partial charge in [-0.1, -0.05) is 182 Å². The van der Waals surface area contributed by atoms with E-state index in [0.717, 1.165) is 52.1 Å². The van der Waals surface area contributed by atoms with Crippen molar-refractivity contribution in [1.29, 1.82) is 0 Å². The molecule has 1 rings (SSSR count). The fourth-order valence-electron chi connectivity index (χ4n) is 8.02. The minimum absolute atomic E-state index is 0.108. The summed E-state index contributed by atoms with van der Waals surface area (Å²) in [5, 5.41) is 20.9. The summed E-state index contributed by atoms with van der Waals surface area (Å²) in [6.45, 7) is 18.5. The van der Waals surface area contributed by atoms with Crippen molar-refractivity contribution in [1.82, 2.24) is 9.80 Å². The molecule has 0 amide bonds. The van der Waals surface area contributed by atoms with Gasteiger partial charge in [-0.25, -0.2) is 0 Å². The van der Waals surface area contributed by atoms with Crippen LogP contribution >= 0.6 is 0 Å². The van der Waals surface area contributed by atoms with E-state index in [-0.39, 0.29) is 24.0 Å². The average Bonchev–Trinajstić information content (AvgIpc) is 3.16. The Morgan fingerprint density at radius 3 is 0.887 bits per heavy atom. The van der Waals surface area contributed by atoms with E-state index in [4.69, 9.17) is 14.2 Å². The van der Waals surface area contributed by atoms with Crippen molar-refractivity contribution in [3.63, 3.8) is 0 Å². The number of rotatable bonds is 32. The zero-order valence-electron chi connectivity index (χ0n) is 36.3. The molecule has 0 aliphatic carbocycles. The molecule has 0 spiro atoms. The lowest BCUT2D eigenvalue weighted by Gasteiger charge is -2.35. The third-order valence-electron chi connectivity index (χ3n) is 11.8. The van der Waals surface area contributed by atoms with Crippen LogP contribution in [-0.2, 0) is 14.2 Å². The monoisotopic (exact) mass is 755 g/mol. The topological polar surface area (TPSA) is 74.6 Å². The van der Waals surface area contributed by atoms with Crippen LogP contribution in [0.5, 0.6) is 0 Å². The van der Waals surface area contributed by atoms with Crippen LogP contribution in [0.4, 0.5) is 0 Å². The fourth-order valence-corrected chi connectivity index (χ4v) is 8.02. The molecule has 2 N–H and O–H groups in total. The number of aliphatic hydroxyl groups is 2. The van der Waals surface area contributed by atoms with Gasteiger partial charge in [-0.3, -0.25) is 9.80 Å². The molecule has 0 saturated carbocycles. The summed E-state index contributed by atoms with van der Waals surface area (Å²) in [7, 11) is 0. The first-order valence-corrected chi connectivity index (χ1v) is 23.3. The van der Waals surface area contributed by atoms with Crippen molar-refractivity contribution in [3.8, 4) is 0 Å². The highest BCUT2D eigenvalue weighted by Gasteiger charge is 2.27. The van der Waals surface area contributed by atoms with Crippen molar-refractivity contribution in [2.45, 2.75) is 195 Å². The van der Waals surface area contributed by atoms with Gasteiger partial charge < -0.3 is 24.4 Å². The van der Waals surface area contributed by atoms with Gasteiger partial charge in [-0.05, 0) is 12.8 Å². The number of ether oxygens (including phenoxy) is 3. The summed E-state index contributed by atoms with van der Waals surface area (Å²) >= 11 is 0. The lowest BCUT2D eigenvalue weighted by Crippen LogP contribution is -2.42. The predicted octanol–water partition coefficient (Wildman–Crippen LogP) is 10.8. The van der Waals surface area contributed by atoms with Crippen molar-refractivity contribution in [3.05, 3.63) is 0 Å². The SMILES string of the molecule is CCCCCCCCCCCCCCC(C)(CO)CN1CCOCCOCCN(CC(C)(CO)CCCCCCCCCCCCCC)CCOCC1. The van der Waals surface area contributed by atoms with E-state index in [2.05, 4.69) is 37.5 Å². The Bertz CT molecular complexity index is 699. The van der Waals surface area contributed by atoms with E-state index in [1.807, 2.05) is 0 Å². The Balaban J connectivity index is 2.40. The summed E-state index contributed by atoms with van der Waals surface area (Å²) in [6, 6.07) is 0. The Labute approximate surface area is 331 Å². The van der Waals surface area contributed by atoms with Gasteiger partial charge in [-0.15, -0.1) is 0 Å². The van der Waals surface area contributed by atoms with Crippen molar-refractivity contribution < 1.29 is 24.4 Å². The van der Waals surface area contributed by atoms with E-state index in [1.54, 1.807) is 0 Å². The van der Waals surface area contributed by atoms with Gasteiger partial charge in [-0.2, -0.15) is 0 Å². The third-order valence-corrected chi connectivity index (χ3v) is 11.8. The van der Waals surface area contributed by atoms with E-state index in [1.165, 1.54) is 154 Å². The van der Waals surface area contributed by atoms with E-state index >= 15 is 0 Å². The second-order valence-corrected chi connectivity index (χ2v) is 17.6. The Morgan fingerprint density at radius 2 is 0.623 bits per heavy atom. The maximum absolute atomic E-state index is 10.5. The van der Waals surface area contributed by atoms with E-state index < -0.39 is 0 Å². The van der Waals surface area contributed by atoms with Crippen LogP contribution in [0.15, 0.2) is 0 Å². The fraction of sp³-hybridized carbons (Fsp3) is 1.00. The first-order chi connectivity index (χ1) is 25.9. The third kappa shape index (κ3) is 30.5. The number of aliphatic hydroxyl groups excluding tert-OH is 2. The molecule has 7 nitrogen and oxygen atoms in total. The number of hydrogen-bond acceptors (Lipinski definition) is 7. The van der Waals surface area contributed by atoms with Crippen LogP contribution in [-0.4, -0.2) is 112 Å². The van der Waals surface area contributed by atoms with Crippen LogP contribution in [0, 0.1) is 10.8 Å². The standard InChI is InChI=1S/C46H94N2O5/c1-5-7-9-11-13-15-17-19-21-23-25-27-29-45(3,43-49)41-47-31-35-51-36-32-48(34-38-53-40-39-52-37-33-47)42-46(4,44-50)30-28-26-24-22-20-18-16-14-12-10-8-6-2/h49-50H,5-44H2,1-4H3. The lowest BCUT2D eigenvalue weighted by molar-refractivity contribution is 0.0172. The molecule has 2 unspecified atom stereocenters. The van der Waals surface area contributed by atoms with Crippen molar-refractivity contribution in [2.75, 3.05) is 92.1 Å². The zero-order valence-corrected chi connectivity index (χ0v) is 36.3. The van der Waals surface area contributed by atoms with Crippen LogP contribution < -0.4 is 0 Å². The molecule has 7 heteroatoms. The van der Waals surface area contributed by atoms with E-state index in [9.17, 15) is 10.2 Å². The highest BCUT2D eigenvalue weighted by atomic mass is 16.5. The summed E-state index contributed by atoms with van der Waals surface area (Å²) < 4.78 is 18.2. The van der Waals surface area contributed by atoms with Crippen LogP contribution in [0.3, 0.4) is 0 Å². The quantitative estimate of drug-likeness (QED) is 0.0662. The average molecular weight is 755 g/mol. The van der Waals surface area contributed by atoms with Gasteiger partial charge >= 0.3 is 0 Å². The Kier molecular flexibility index (Phi) is 34.5. The molecule has 1 saturated heterocycles. The van der Waals surface area contributed by atoms with E-state index in [0.29, 0.717) is 39.6 Å². The first-order valence-electron chi connectivity index (χ1n) is 23.3. The number of hydrogen-bond donors (Lipinski definition) is 2. The molecular weight excluding hydrogens is 661 g/mol. The highest BCUT2D eigenvalue weighted by molar-refractivity contribution is 4.80. The number of nitrogens with zero attached hydrogens (tertiary/aromatic N) is 2. The number of unbranched alkanes of at least 4 members (excludes halogenated alkanes) is 22. The maximum Gasteiger partial charge on any atom is 0.0701 e. The minimum Gasteiger partial charge on any atom is -0.396 e. The molecular formula is C46H94N2O5. The van der Waals surface area contributed by atoms with Crippen LogP contribution in [0.1, 0.15) is 195 Å². The normalized spacial score (nSPS) is 18.7. The highest BCUT2D eigenvalue weighted by Crippen LogP contribution is 2.27. The zero-order chi connectivity index (χ0) is 38.6. The second kappa shape index (κ2) is 36.1. The Hall–Kier alpha value is -0.280. The van der Waals surface area contributed by atoms with Crippen LogP contribution in [0.25, 0.3) is 0 Å². The van der Waals surface area contributed by atoms with Crippen LogP contribution in [0.2, 0.25) is 0 Å². The van der Waals surface area contributed by atoms with Gasteiger partial charge in [0.25, 0.3) is 0 Å². The molecule has 1 aliphatic heterocycles. The molecule has 0 radical (unpaired) electrons. The van der Waals surface area contributed by atoms with Gasteiger partial charge in [0, 0.05) is 63.3 Å². The minimum atomic E-state index is -0.108. The molecule has 0 aromatic heterocycles. The lowest BCUT2D eigenvalue weighted by atomic mass is 9.84. The summed E-state index contributed by atoms with van der Waals surface area (Å²) in [5.74, 6) is 0. The first kappa shape index (κ1) is 50.7. The summed E-state index contributed by atoms with van der Waals surface area (Å²) in [5.41, 5.74) is -0.215. The van der Waals surface area contributed by atoms with Crippen molar-refractivity contribution in [2.24, 2.45) is 10.8 Å². The van der Waals surface area contributed by atoms with Crippen molar-refractivity contribution >= 4 is 0 Å². The molecule has 1 heterocycles. The summed E-state index contributed by atoms with van der Waals surface area (Å²) in [6.07, 6.45) is 34.7. The van der Waals surface area contributed by atoms with Gasteiger partial charge in [0.05, 0.1) is 39.6 Å². The molecule has 2 atom stereocenters. The molecule has 0 bridgehead atoms. The molecule has 1 aliphatic rings. The molecule has 53 heavy (non-hydrogen) atoms. The smallest absolute Gasteiger partial charge is 0.0701 e. The molecule has 0 aromatic rings. The molecule has 1 fully saturated rings. The van der Waals surface area contributed by atoms with Gasteiger partial charge in [0.2, 0.25) is 0 Å². The predicted molar refractivity (Wildman–Crippen MR) is 227 cm³/mol. The van der Waals surface area contributed by atoms with Gasteiger partial charge in [0.15, 0.2) is 0 Å². The van der Waals surface area contributed by atoms with Gasteiger partial charge in [0.1, 0.15) is 0 Å².